The molecule has 0 spiro atoms. The molecule has 2 aromatic carbocycles. The van der Waals surface area contributed by atoms with Crippen LogP contribution in [0.4, 0.5) is 5.69 Å². The third-order valence-electron chi connectivity index (χ3n) is 4.29. The summed E-state index contributed by atoms with van der Waals surface area (Å²) in [5, 5.41) is 21.6. The minimum Gasteiger partial charge on any atom is -0.504 e. The Hall–Kier alpha value is -3.95. The topological polar surface area (TPSA) is 131 Å². The van der Waals surface area contributed by atoms with E-state index in [9.17, 15) is 20.0 Å². The number of ether oxygens (including phenoxy) is 4. The van der Waals surface area contributed by atoms with E-state index >= 15 is 0 Å². The minimum atomic E-state index is -0.609. The summed E-state index contributed by atoms with van der Waals surface area (Å²) in [6.45, 7) is 0. The predicted molar refractivity (Wildman–Crippen MR) is 102 cm³/mol. The van der Waals surface area contributed by atoms with Gasteiger partial charge in [-0.05, 0) is 12.1 Å². The Morgan fingerprint density at radius 3 is 2.17 bits per heavy atom. The summed E-state index contributed by atoms with van der Waals surface area (Å²) in [6.07, 6.45) is 0. The van der Waals surface area contributed by atoms with E-state index in [2.05, 4.69) is 0 Å². The smallest absolute Gasteiger partial charge is 0.311 e. The largest absolute Gasteiger partial charge is 0.504 e. The minimum absolute atomic E-state index is 0.0261. The molecule has 3 aromatic rings. The molecule has 0 radical (unpaired) electrons. The molecule has 3 rings (SSSR count). The van der Waals surface area contributed by atoms with Crippen LogP contribution in [0.1, 0.15) is 0 Å². The Balaban J connectivity index is 2.37. The summed E-state index contributed by atoms with van der Waals surface area (Å²) < 4.78 is 26.5. The van der Waals surface area contributed by atoms with Crippen molar-refractivity contribution >= 4 is 16.7 Å². The number of hydrogen-bond donors (Lipinski definition) is 1. The summed E-state index contributed by atoms with van der Waals surface area (Å²) in [4.78, 5) is 23.4. The van der Waals surface area contributed by atoms with Gasteiger partial charge in [-0.15, -0.1) is 0 Å². The molecule has 0 fully saturated rings. The second kappa shape index (κ2) is 7.58. The maximum absolute atomic E-state index is 12.7. The van der Waals surface area contributed by atoms with Crippen LogP contribution in [0.25, 0.3) is 22.3 Å². The van der Waals surface area contributed by atoms with Crippen LogP contribution in [0, 0.1) is 10.1 Å². The molecule has 1 aromatic heterocycles. The predicted octanol–water partition coefficient (Wildman–Crippen LogP) is 3.11. The molecule has 0 aliphatic heterocycles. The van der Waals surface area contributed by atoms with Crippen molar-refractivity contribution in [1.29, 1.82) is 0 Å². The number of phenols is 1. The zero-order valence-corrected chi connectivity index (χ0v) is 16.0. The van der Waals surface area contributed by atoms with E-state index in [1.165, 1.54) is 46.6 Å². The number of nitro groups is 1. The van der Waals surface area contributed by atoms with Crippen LogP contribution < -0.4 is 24.4 Å². The van der Waals surface area contributed by atoms with Crippen molar-refractivity contribution in [2.24, 2.45) is 0 Å². The molecule has 10 nitrogen and oxygen atoms in total. The fourth-order valence-corrected chi connectivity index (χ4v) is 2.99. The van der Waals surface area contributed by atoms with Gasteiger partial charge in [0.05, 0.1) is 33.4 Å². The molecule has 0 unspecified atom stereocenters. The van der Waals surface area contributed by atoms with Gasteiger partial charge in [0.25, 0.3) is 0 Å². The Morgan fingerprint density at radius 2 is 1.62 bits per heavy atom. The average molecular weight is 403 g/mol. The zero-order chi connectivity index (χ0) is 21.3. The molecule has 0 aliphatic rings. The number of phenolic OH excluding ortho intramolecular Hbond substituents is 1. The first kappa shape index (κ1) is 19.8. The van der Waals surface area contributed by atoms with E-state index in [1.807, 2.05) is 0 Å². The van der Waals surface area contributed by atoms with Crippen molar-refractivity contribution < 1.29 is 33.4 Å². The molecule has 0 bridgehead atoms. The summed E-state index contributed by atoms with van der Waals surface area (Å²) >= 11 is 0. The fourth-order valence-electron chi connectivity index (χ4n) is 2.99. The normalized spacial score (nSPS) is 10.6. The maximum atomic E-state index is 12.7. The first-order valence-electron chi connectivity index (χ1n) is 8.19. The van der Waals surface area contributed by atoms with Crippen LogP contribution in [0.3, 0.4) is 0 Å². The van der Waals surface area contributed by atoms with Gasteiger partial charge in [-0.25, -0.2) is 0 Å². The van der Waals surface area contributed by atoms with Crippen molar-refractivity contribution in [3.63, 3.8) is 0 Å². The lowest BCUT2D eigenvalue weighted by molar-refractivity contribution is -0.385. The van der Waals surface area contributed by atoms with Crippen LogP contribution in [-0.2, 0) is 0 Å². The number of rotatable bonds is 6. The highest BCUT2D eigenvalue weighted by molar-refractivity contribution is 5.95. The third-order valence-corrected chi connectivity index (χ3v) is 4.29. The number of nitrogens with zero attached hydrogens (tertiary/aromatic N) is 1. The maximum Gasteiger partial charge on any atom is 0.311 e. The highest BCUT2D eigenvalue weighted by Gasteiger charge is 2.26. The quantitative estimate of drug-likeness (QED) is 0.487. The number of nitro benzene ring substituents is 1. The first-order chi connectivity index (χ1) is 13.9. The molecule has 0 atom stereocenters. The second-order valence-electron chi connectivity index (χ2n) is 5.77. The standard InChI is InChI=1S/C19H17NO9/c1-25-12-6-5-9(7-10(12)20(23)24)13-8-11(21)14-15(22)17(26-2)19(28-4)18(27-3)16(14)29-13/h5-8,22H,1-4H3. The Morgan fingerprint density at radius 1 is 0.966 bits per heavy atom. The fraction of sp³-hybridized carbons (Fsp3) is 0.211. The van der Waals surface area contributed by atoms with Gasteiger partial charge in [0.2, 0.25) is 17.2 Å². The molecule has 1 heterocycles. The van der Waals surface area contributed by atoms with Gasteiger partial charge in [0, 0.05) is 17.7 Å². The monoisotopic (exact) mass is 403 g/mol. The van der Waals surface area contributed by atoms with E-state index in [0.717, 1.165) is 6.07 Å². The van der Waals surface area contributed by atoms with Crippen LogP contribution in [0.2, 0.25) is 0 Å². The van der Waals surface area contributed by atoms with E-state index in [4.69, 9.17) is 23.4 Å². The van der Waals surface area contributed by atoms with Gasteiger partial charge in [-0.1, -0.05) is 0 Å². The van der Waals surface area contributed by atoms with Crippen LogP contribution >= 0.6 is 0 Å². The SMILES string of the molecule is COc1ccc(-c2cc(=O)c3c(O)c(OC)c(OC)c(OC)c3o2)cc1[N+](=O)[O-]. The Bertz CT molecular complexity index is 1170. The van der Waals surface area contributed by atoms with Crippen molar-refractivity contribution in [3.05, 3.63) is 44.6 Å². The van der Waals surface area contributed by atoms with Crippen LogP contribution in [0.5, 0.6) is 28.7 Å². The number of hydrogen-bond acceptors (Lipinski definition) is 9. The third kappa shape index (κ3) is 3.14. The van der Waals surface area contributed by atoms with Gasteiger partial charge in [0.15, 0.2) is 22.5 Å². The van der Waals surface area contributed by atoms with E-state index in [0.29, 0.717) is 0 Å². The van der Waals surface area contributed by atoms with Gasteiger partial charge in [0.1, 0.15) is 11.1 Å². The highest BCUT2D eigenvalue weighted by atomic mass is 16.6. The summed E-state index contributed by atoms with van der Waals surface area (Å²) in [5.41, 5.74) is -0.734. The van der Waals surface area contributed by atoms with Crippen molar-refractivity contribution in [1.82, 2.24) is 0 Å². The lowest BCUT2D eigenvalue weighted by Gasteiger charge is -2.16. The molecule has 0 amide bonds. The van der Waals surface area contributed by atoms with E-state index in [1.54, 1.807) is 0 Å². The van der Waals surface area contributed by atoms with Crippen LogP contribution in [0.15, 0.2) is 33.5 Å². The summed E-state index contributed by atoms with van der Waals surface area (Å²) in [5.74, 6) is -0.417. The van der Waals surface area contributed by atoms with E-state index in [-0.39, 0.29) is 51.0 Å². The number of methoxy groups -OCH3 is 4. The molecule has 0 aliphatic carbocycles. The molecule has 0 saturated heterocycles. The number of fused-ring (bicyclic) bond motifs is 1. The molecule has 29 heavy (non-hydrogen) atoms. The molecule has 1 N–H and O–H groups in total. The van der Waals surface area contributed by atoms with E-state index < -0.39 is 16.1 Å². The Kier molecular flexibility index (Phi) is 5.18. The lowest BCUT2D eigenvalue weighted by Crippen LogP contribution is -2.05. The Labute approximate surface area is 163 Å². The number of benzene rings is 2. The average Bonchev–Trinajstić information content (AvgIpc) is 2.72. The summed E-state index contributed by atoms with van der Waals surface area (Å²) in [7, 11) is 5.28. The zero-order valence-electron chi connectivity index (χ0n) is 16.0. The van der Waals surface area contributed by atoms with Crippen molar-refractivity contribution in [3.8, 4) is 40.1 Å². The van der Waals surface area contributed by atoms with Crippen molar-refractivity contribution in [2.45, 2.75) is 0 Å². The molecular weight excluding hydrogens is 386 g/mol. The molecule has 152 valence electrons. The van der Waals surface area contributed by atoms with Crippen LogP contribution in [-0.4, -0.2) is 38.5 Å². The van der Waals surface area contributed by atoms with Gasteiger partial charge in [-0.2, -0.15) is 0 Å². The molecule has 0 saturated carbocycles. The van der Waals surface area contributed by atoms with Crippen molar-refractivity contribution in [2.75, 3.05) is 28.4 Å². The first-order valence-corrected chi connectivity index (χ1v) is 8.19. The number of aromatic hydroxyl groups is 1. The summed E-state index contributed by atoms with van der Waals surface area (Å²) in [6, 6.07) is 5.22. The van der Waals surface area contributed by atoms with Gasteiger partial charge in [-0.3, -0.25) is 14.9 Å². The van der Waals surface area contributed by atoms with Gasteiger partial charge < -0.3 is 28.5 Å². The lowest BCUT2D eigenvalue weighted by atomic mass is 10.1. The highest BCUT2D eigenvalue weighted by Crippen LogP contribution is 2.50. The van der Waals surface area contributed by atoms with Gasteiger partial charge >= 0.3 is 5.69 Å². The molecular formula is C19H17NO9. The second-order valence-corrected chi connectivity index (χ2v) is 5.77. The molecule has 10 heteroatoms.